The molecule has 1 atom stereocenters. The van der Waals surface area contributed by atoms with Crippen LogP contribution < -0.4 is 10.2 Å². The molecule has 0 saturated carbocycles. The van der Waals surface area contributed by atoms with Gasteiger partial charge in [0.05, 0.1) is 19.3 Å². The van der Waals surface area contributed by atoms with Crippen LogP contribution in [-0.2, 0) is 11.2 Å². The molecule has 1 aliphatic rings. The van der Waals surface area contributed by atoms with E-state index in [1.165, 1.54) is 0 Å². The summed E-state index contributed by atoms with van der Waals surface area (Å²) in [5, 5.41) is 12.3. The van der Waals surface area contributed by atoms with Crippen molar-refractivity contribution in [2.24, 2.45) is 0 Å². The van der Waals surface area contributed by atoms with Crippen LogP contribution in [0.4, 0.5) is 11.6 Å². The Hall–Kier alpha value is -1.40. The van der Waals surface area contributed by atoms with Crippen LogP contribution in [0.3, 0.4) is 0 Å². The minimum atomic E-state index is -0.128. The van der Waals surface area contributed by atoms with E-state index in [9.17, 15) is 5.11 Å². The number of aliphatic hydroxyl groups is 1. The van der Waals surface area contributed by atoms with Gasteiger partial charge in [-0.3, -0.25) is 0 Å². The molecule has 6 heteroatoms. The molecule has 0 bridgehead atoms. The zero-order valence-corrected chi connectivity index (χ0v) is 10.9. The van der Waals surface area contributed by atoms with Gasteiger partial charge >= 0.3 is 0 Å². The Labute approximate surface area is 107 Å². The van der Waals surface area contributed by atoms with Crippen LogP contribution in [0.2, 0.25) is 0 Å². The van der Waals surface area contributed by atoms with Crippen LogP contribution in [-0.4, -0.2) is 54.5 Å². The third kappa shape index (κ3) is 2.54. The van der Waals surface area contributed by atoms with Crippen molar-refractivity contribution >= 4 is 11.6 Å². The average molecular weight is 252 g/mol. The summed E-state index contributed by atoms with van der Waals surface area (Å²) in [4.78, 5) is 10.8. The molecule has 2 heterocycles. The van der Waals surface area contributed by atoms with Crippen LogP contribution in [0.1, 0.15) is 12.5 Å². The van der Waals surface area contributed by atoms with Gasteiger partial charge in [0.25, 0.3) is 0 Å². The van der Waals surface area contributed by atoms with E-state index in [1.807, 2.05) is 7.05 Å². The molecular formula is C12H20N4O2. The van der Waals surface area contributed by atoms with Crippen LogP contribution in [0, 0.1) is 0 Å². The highest BCUT2D eigenvalue weighted by Gasteiger charge is 2.23. The minimum Gasteiger partial charge on any atom is -0.394 e. The number of hydrogen-bond acceptors (Lipinski definition) is 6. The molecule has 1 saturated heterocycles. The van der Waals surface area contributed by atoms with Crippen molar-refractivity contribution in [2.75, 3.05) is 43.6 Å². The van der Waals surface area contributed by atoms with Crippen molar-refractivity contribution in [3.8, 4) is 0 Å². The number of aliphatic hydroxyl groups excluding tert-OH is 1. The van der Waals surface area contributed by atoms with Gasteiger partial charge in [-0.25, -0.2) is 9.97 Å². The zero-order valence-electron chi connectivity index (χ0n) is 10.9. The lowest BCUT2D eigenvalue weighted by Crippen LogP contribution is -2.44. The normalized spacial score (nSPS) is 19.9. The molecule has 18 heavy (non-hydrogen) atoms. The number of aromatic nitrogens is 2. The standard InChI is InChI=1S/C12H20N4O2/c1-3-10-11(13-2)14-8-15-12(10)16-4-5-18-9(6-16)7-17/h8-9,17H,3-7H2,1-2H3,(H,13,14,15). The third-order valence-corrected chi connectivity index (χ3v) is 3.15. The number of hydrogen-bond donors (Lipinski definition) is 2. The van der Waals surface area contributed by atoms with Gasteiger partial charge in [0.2, 0.25) is 0 Å². The molecule has 1 aromatic heterocycles. The number of nitrogens with zero attached hydrogens (tertiary/aromatic N) is 3. The second-order valence-corrected chi connectivity index (χ2v) is 4.25. The quantitative estimate of drug-likeness (QED) is 0.802. The van der Waals surface area contributed by atoms with E-state index in [0.717, 1.165) is 30.2 Å². The molecule has 0 radical (unpaired) electrons. The monoisotopic (exact) mass is 252 g/mol. The smallest absolute Gasteiger partial charge is 0.137 e. The Morgan fingerprint density at radius 3 is 3.06 bits per heavy atom. The van der Waals surface area contributed by atoms with E-state index in [0.29, 0.717) is 13.2 Å². The van der Waals surface area contributed by atoms with Gasteiger partial charge in [0.15, 0.2) is 0 Å². The summed E-state index contributed by atoms with van der Waals surface area (Å²) in [6.07, 6.45) is 2.31. The fourth-order valence-electron chi connectivity index (χ4n) is 2.24. The molecule has 2 rings (SSSR count). The summed E-state index contributed by atoms with van der Waals surface area (Å²) in [6.45, 7) is 4.22. The Morgan fingerprint density at radius 1 is 1.56 bits per heavy atom. The van der Waals surface area contributed by atoms with Gasteiger partial charge in [-0.1, -0.05) is 6.92 Å². The van der Waals surface area contributed by atoms with Gasteiger partial charge in [-0.2, -0.15) is 0 Å². The first-order valence-electron chi connectivity index (χ1n) is 6.29. The predicted molar refractivity (Wildman–Crippen MR) is 70.0 cm³/mol. The van der Waals surface area contributed by atoms with Gasteiger partial charge in [-0.15, -0.1) is 0 Å². The van der Waals surface area contributed by atoms with Crippen molar-refractivity contribution in [3.63, 3.8) is 0 Å². The topological polar surface area (TPSA) is 70.5 Å². The molecule has 100 valence electrons. The molecule has 2 N–H and O–H groups in total. The molecule has 1 aromatic rings. The molecule has 1 aliphatic heterocycles. The van der Waals surface area contributed by atoms with Crippen molar-refractivity contribution < 1.29 is 9.84 Å². The van der Waals surface area contributed by atoms with Crippen LogP contribution in [0.5, 0.6) is 0 Å². The Kier molecular flexibility index (Phi) is 4.33. The summed E-state index contributed by atoms with van der Waals surface area (Å²) < 4.78 is 5.46. The number of nitrogens with one attached hydrogen (secondary N) is 1. The summed E-state index contributed by atoms with van der Waals surface area (Å²) >= 11 is 0. The highest BCUT2D eigenvalue weighted by Crippen LogP contribution is 2.25. The number of anilines is 2. The number of ether oxygens (including phenoxy) is 1. The van der Waals surface area contributed by atoms with Crippen LogP contribution in [0.25, 0.3) is 0 Å². The summed E-state index contributed by atoms with van der Waals surface area (Å²) in [5.41, 5.74) is 1.11. The van der Waals surface area contributed by atoms with Crippen molar-refractivity contribution in [2.45, 2.75) is 19.4 Å². The SMILES string of the molecule is CCc1c(NC)ncnc1N1CCOC(CO)C1. The highest BCUT2D eigenvalue weighted by atomic mass is 16.5. The molecule has 0 spiro atoms. The van der Waals surface area contributed by atoms with Gasteiger partial charge in [-0.05, 0) is 6.42 Å². The molecule has 1 fully saturated rings. The predicted octanol–water partition coefficient (Wildman–Crippen LogP) is 0.278. The fraction of sp³-hybridized carbons (Fsp3) is 0.667. The Bertz CT molecular complexity index is 400. The lowest BCUT2D eigenvalue weighted by molar-refractivity contribution is 0.00332. The van der Waals surface area contributed by atoms with Crippen LogP contribution >= 0.6 is 0 Å². The van der Waals surface area contributed by atoms with Crippen molar-refractivity contribution in [3.05, 3.63) is 11.9 Å². The van der Waals surface area contributed by atoms with Crippen molar-refractivity contribution in [1.82, 2.24) is 9.97 Å². The maximum absolute atomic E-state index is 9.19. The lowest BCUT2D eigenvalue weighted by Gasteiger charge is -2.34. The van der Waals surface area contributed by atoms with E-state index in [-0.39, 0.29) is 12.7 Å². The second kappa shape index (κ2) is 5.97. The first kappa shape index (κ1) is 13.0. The van der Waals surface area contributed by atoms with Gasteiger partial charge < -0.3 is 20.1 Å². The van der Waals surface area contributed by atoms with Gasteiger partial charge in [0, 0.05) is 25.7 Å². The molecule has 0 amide bonds. The molecule has 0 aliphatic carbocycles. The van der Waals surface area contributed by atoms with E-state index in [2.05, 4.69) is 27.1 Å². The minimum absolute atomic E-state index is 0.0436. The summed E-state index contributed by atoms with van der Waals surface area (Å²) in [7, 11) is 1.86. The fourth-order valence-corrected chi connectivity index (χ4v) is 2.24. The molecule has 0 aromatic carbocycles. The van der Waals surface area contributed by atoms with Crippen molar-refractivity contribution in [1.29, 1.82) is 0 Å². The number of rotatable bonds is 4. The second-order valence-electron chi connectivity index (χ2n) is 4.25. The Morgan fingerprint density at radius 2 is 2.39 bits per heavy atom. The highest BCUT2D eigenvalue weighted by molar-refractivity contribution is 5.58. The van der Waals surface area contributed by atoms with E-state index in [1.54, 1.807) is 6.33 Å². The Balaban J connectivity index is 2.26. The summed E-state index contributed by atoms with van der Waals surface area (Å²) in [5.74, 6) is 1.81. The first-order chi connectivity index (χ1) is 8.80. The largest absolute Gasteiger partial charge is 0.394 e. The lowest BCUT2D eigenvalue weighted by atomic mass is 10.2. The summed E-state index contributed by atoms with van der Waals surface area (Å²) in [6, 6.07) is 0. The van der Waals surface area contributed by atoms with E-state index >= 15 is 0 Å². The third-order valence-electron chi connectivity index (χ3n) is 3.15. The average Bonchev–Trinajstić information content (AvgIpc) is 2.46. The molecule has 1 unspecified atom stereocenters. The van der Waals surface area contributed by atoms with Gasteiger partial charge in [0.1, 0.15) is 18.0 Å². The van der Waals surface area contributed by atoms with E-state index < -0.39 is 0 Å². The maximum atomic E-state index is 9.19. The first-order valence-corrected chi connectivity index (χ1v) is 6.29. The molecule has 6 nitrogen and oxygen atoms in total. The maximum Gasteiger partial charge on any atom is 0.137 e. The zero-order chi connectivity index (χ0) is 13.0. The van der Waals surface area contributed by atoms with E-state index in [4.69, 9.17) is 4.74 Å². The number of morpholine rings is 1. The molecular weight excluding hydrogens is 232 g/mol. The van der Waals surface area contributed by atoms with Crippen LogP contribution in [0.15, 0.2) is 6.33 Å².